The van der Waals surface area contributed by atoms with Crippen LogP contribution in [0, 0.1) is 13.8 Å². The molecule has 1 aliphatic rings. The number of hydrogen-bond donors (Lipinski definition) is 1. The third-order valence-electron chi connectivity index (χ3n) is 4.60. The summed E-state index contributed by atoms with van der Waals surface area (Å²) in [6, 6.07) is 1.54. The van der Waals surface area contributed by atoms with Crippen molar-refractivity contribution in [2.45, 2.75) is 39.8 Å². The monoisotopic (exact) mass is 348 g/mol. The first-order valence-electron chi connectivity index (χ1n) is 8.46. The molecule has 9 heteroatoms. The molecule has 0 radical (unpaired) electrons. The van der Waals surface area contributed by atoms with Gasteiger partial charge in [-0.05, 0) is 27.7 Å². The quantitative estimate of drug-likeness (QED) is 0.865. The number of rotatable bonds is 5. The maximum absolute atomic E-state index is 12.4. The van der Waals surface area contributed by atoms with Crippen LogP contribution >= 0.6 is 0 Å². The molecule has 0 unspecified atom stereocenters. The fraction of sp³-hybridized carbons (Fsp3) is 0.625. The maximum atomic E-state index is 12.4. The summed E-state index contributed by atoms with van der Waals surface area (Å²) in [5.74, 6) is 1.57. The van der Waals surface area contributed by atoms with E-state index in [1.54, 1.807) is 6.07 Å². The molecule has 3 rings (SSSR count). The molecule has 0 bridgehead atoms. The Labute approximate surface area is 146 Å². The Kier molecular flexibility index (Phi) is 5.14. The predicted molar refractivity (Wildman–Crippen MR) is 89.9 cm³/mol. The Bertz CT molecular complexity index is 719. The van der Waals surface area contributed by atoms with Crippen LogP contribution in [0.2, 0.25) is 0 Å². The first kappa shape index (κ1) is 17.6. The van der Waals surface area contributed by atoms with Crippen LogP contribution in [0.25, 0.3) is 0 Å². The molecule has 9 nitrogen and oxygen atoms in total. The lowest BCUT2D eigenvalue weighted by Gasteiger charge is -2.38. The van der Waals surface area contributed by atoms with Crippen molar-refractivity contribution in [1.29, 1.82) is 0 Å². The Morgan fingerprint density at radius 2 is 1.80 bits per heavy atom. The molecular weight excluding hydrogens is 324 g/mol. The van der Waals surface area contributed by atoms with Gasteiger partial charge in [0.2, 0.25) is 17.7 Å². The van der Waals surface area contributed by atoms with Crippen LogP contribution in [0.3, 0.4) is 0 Å². The van der Waals surface area contributed by atoms with E-state index in [9.17, 15) is 4.79 Å². The van der Waals surface area contributed by atoms with Gasteiger partial charge in [-0.25, -0.2) is 0 Å². The van der Waals surface area contributed by atoms with Crippen molar-refractivity contribution in [2.75, 3.05) is 31.5 Å². The van der Waals surface area contributed by atoms with Crippen molar-refractivity contribution < 1.29 is 13.8 Å². The summed E-state index contributed by atoms with van der Waals surface area (Å²) in [6.07, 6.45) is 0. The summed E-state index contributed by atoms with van der Waals surface area (Å²) in [6.45, 7) is 10.8. The van der Waals surface area contributed by atoms with Gasteiger partial charge in [-0.15, -0.1) is 0 Å². The molecule has 25 heavy (non-hydrogen) atoms. The molecule has 1 amide bonds. The molecule has 0 aliphatic carbocycles. The van der Waals surface area contributed by atoms with Gasteiger partial charge in [0.15, 0.2) is 5.82 Å². The number of nitrogens with zero attached hydrogens (tertiary/aromatic N) is 5. The lowest BCUT2D eigenvalue weighted by atomic mass is 10.2. The van der Waals surface area contributed by atoms with Gasteiger partial charge in [0.1, 0.15) is 0 Å². The second-order valence-electron chi connectivity index (χ2n) is 6.43. The lowest BCUT2D eigenvalue weighted by molar-refractivity contribution is -0.121. The van der Waals surface area contributed by atoms with E-state index in [0.717, 1.165) is 31.9 Å². The number of carbonyl (C=O) groups is 1. The van der Waals surface area contributed by atoms with Crippen molar-refractivity contribution in [3.8, 4) is 0 Å². The molecule has 2 aromatic rings. The van der Waals surface area contributed by atoms with Crippen LogP contribution in [-0.4, -0.2) is 63.2 Å². The molecule has 1 fully saturated rings. The second kappa shape index (κ2) is 7.32. The Hall–Kier alpha value is -2.26. The standard InChI is InChI=1S/C16H24N6O3/c1-10-9-14(24-19-10)18-15(23)11(2)21-5-7-22(8-6-21)12(3)16-17-13(4)20-25-16/h9,11-12H,5-8H2,1-4H3,(H,18,23)/t11-,12+/m1/s1. The van der Waals surface area contributed by atoms with E-state index in [4.69, 9.17) is 9.05 Å². The van der Waals surface area contributed by atoms with E-state index < -0.39 is 0 Å². The highest BCUT2D eigenvalue weighted by atomic mass is 16.5. The average molecular weight is 348 g/mol. The fourth-order valence-corrected chi connectivity index (χ4v) is 2.97. The highest BCUT2D eigenvalue weighted by Gasteiger charge is 2.29. The van der Waals surface area contributed by atoms with Gasteiger partial charge in [-0.3, -0.25) is 19.9 Å². The minimum atomic E-state index is -0.242. The zero-order valence-corrected chi connectivity index (χ0v) is 15.0. The Balaban J connectivity index is 1.51. The van der Waals surface area contributed by atoms with E-state index in [2.05, 4.69) is 37.3 Å². The normalized spacial score (nSPS) is 18.9. The summed E-state index contributed by atoms with van der Waals surface area (Å²) in [4.78, 5) is 21.1. The summed E-state index contributed by atoms with van der Waals surface area (Å²) in [5, 5.41) is 10.4. The third kappa shape index (κ3) is 4.05. The number of aromatic nitrogens is 3. The Morgan fingerprint density at radius 1 is 1.12 bits per heavy atom. The van der Waals surface area contributed by atoms with Crippen molar-refractivity contribution in [3.05, 3.63) is 23.5 Å². The molecular formula is C16H24N6O3. The number of hydrogen-bond acceptors (Lipinski definition) is 8. The largest absolute Gasteiger partial charge is 0.338 e. The predicted octanol–water partition coefficient (Wildman–Crippen LogP) is 1.38. The number of carbonyl (C=O) groups excluding carboxylic acids is 1. The van der Waals surface area contributed by atoms with Crippen LogP contribution in [0.1, 0.15) is 37.3 Å². The Morgan fingerprint density at radius 3 is 2.36 bits per heavy atom. The van der Waals surface area contributed by atoms with E-state index in [1.807, 2.05) is 20.8 Å². The molecule has 0 spiro atoms. The van der Waals surface area contributed by atoms with E-state index in [-0.39, 0.29) is 18.0 Å². The summed E-state index contributed by atoms with van der Waals surface area (Å²) in [7, 11) is 0. The highest BCUT2D eigenvalue weighted by molar-refractivity contribution is 5.93. The van der Waals surface area contributed by atoms with Gasteiger partial charge in [0, 0.05) is 32.2 Å². The van der Waals surface area contributed by atoms with Crippen LogP contribution in [-0.2, 0) is 4.79 Å². The summed E-state index contributed by atoms with van der Waals surface area (Å²) >= 11 is 0. The van der Waals surface area contributed by atoms with E-state index in [0.29, 0.717) is 17.6 Å². The van der Waals surface area contributed by atoms with Gasteiger partial charge in [-0.2, -0.15) is 4.98 Å². The van der Waals surface area contributed by atoms with Crippen LogP contribution < -0.4 is 5.32 Å². The first-order chi connectivity index (χ1) is 11.9. The second-order valence-corrected chi connectivity index (χ2v) is 6.43. The molecule has 136 valence electrons. The minimum absolute atomic E-state index is 0.0738. The average Bonchev–Trinajstić information content (AvgIpc) is 3.22. The summed E-state index contributed by atoms with van der Waals surface area (Å²) in [5.41, 5.74) is 0.738. The molecule has 0 aromatic carbocycles. The molecule has 2 atom stereocenters. The van der Waals surface area contributed by atoms with Crippen molar-refractivity contribution in [2.24, 2.45) is 0 Å². The van der Waals surface area contributed by atoms with Crippen LogP contribution in [0.5, 0.6) is 0 Å². The van der Waals surface area contributed by atoms with E-state index in [1.165, 1.54) is 0 Å². The van der Waals surface area contributed by atoms with Crippen LogP contribution in [0.15, 0.2) is 15.1 Å². The van der Waals surface area contributed by atoms with E-state index >= 15 is 0 Å². The van der Waals surface area contributed by atoms with Gasteiger partial charge in [0.25, 0.3) is 0 Å². The minimum Gasteiger partial charge on any atom is -0.338 e. The maximum Gasteiger partial charge on any atom is 0.243 e. The van der Waals surface area contributed by atoms with Gasteiger partial charge in [0.05, 0.1) is 17.8 Å². The zero-order chi connectivity index (χ0) is 18.0. The van der Waals surface area contributed by atoms with Crippen molar-refractivity contribution in [1.82, 2.24) is 25.1 Å². The van der Waals surface area contributed by atoms with Crippen molar-refractivity contribution >= 4 is 11.8 Å². The highest BCUT2D eigenvalue weighted by Crippen LogP contribution is 2.21. The SMILES string of the molecule is Cc1cc(NC(=O)[C@@H](C)N2CCN([C@@H](C)c3nc(C)no3)CC2)on1. The molecule has 2 aromatic heterocycles. The number of anilines is 1. The number of nitrogens with one attached hydrogen (secondary N) is 1. The molecule has 0 saturated carbocycles. The van der Waals surface area contributed by atoms with Gasteiger partial charge < -0.3 is 9.05 Å². The van der Waals surface area contributed by atoms with Crippen molar-refractivity contribution in [3.63, 3.8) is 0 Å². The fourth-order valence-electron chi connectivity index (χ4n) is 2.97. The van der Waals surface area contributed by atoms with Crippen LogP contribution in [0.4, 0.5) is 5.88 Å². The molecule has 1 aliphatic heterocycles. The first-order valence-corrected chi connectivity index (χ1v) is 8.46. The third-order valence-corrected chi connectivity index (χ3v) is 4.60. The zero-order valence-electron chi connectivity index (χ0n) is 15.0. The lowest BCUT2D eigenvalue weighted by Crippen LogP contribution is -2.53. The number of aryl methyl sites for hydroxylation is 2. The summed E-state index contributed by atoms with van der Waals surface area (Å²) < 4.78 is 10.3. The number of piperazine rings is 1. The topological polar surface area (TPSA) is 101 Å². The van der Waals surface area contributed by atoms with Gasteiger partial charge in [-0.1, -0.05) is 10.3 Å². The molecule has 3 heterocycles. The molecule has 1 N–H and O–H groups in total. The molecule has 1 saturated heterocycles. The number of amides is 1. The van der Waals surface area contributed by atoms with Gasteiger partial charge >= 0.3 is 0 Å². The smallest absolute Gasteiger partial charge is 0.243 e.